The molecule has 0 spiro atoms. The minimum absolute atomic E-state index is 0.162. The number of rotatable bonds is 6. The topological polar surface area (TPSA) is 131 Å². The molecule has 8 heteroatoms. The van der Waals surface area contributed by atoms with Crippen molar-refractivity contribution in [2.24, 2.45) is 11.7 Å². The van der Waals surface area contributed by atoms with E-state index in [0.717, 1.165) is 0 Å². The number of carboxylic acid groups (broad SMARTS) is 1. The molecule has 1 aliphatic heterocycles. The molecule has 1 fully saturated rings. The molecule has 0 unspecified atom stereocenters. The number of carbonyl (C=O) groups excluding carboxylic acids is 2. The number of ketones is 1. The largest absolute Gasteiger partial charge is 0.480 e. The van der Waals surface area contributed by atoms with E-state index in [1.165, 1.54) is 0 Å². The summed E-state index contributed by atoms with van der Waals surface area (Å²) in [5.74, 6) is -2.45. The van der Waals surface area contributed by atoms with E-state index >= 15 is 0 Å². The molecule has 8 nitrogen and oxygen atoms in total. The Hall–Kier alpha value is -1.51. The maximum absolute atomic E-state index is 11.4. The summed E-state index contributed by atoms with van der Waals surface area (Å²) in [5, 5.41) is 13.6. The molecule has 1 heterocycles. The number of ether oxygens (including phenoxy) is 1. The molecule has 0 radical (unpaired) electrons. The highest BCUT2D eigenvalue weighted by atomic mass is 16.5. The Morgan fingerprint density at radius 3 is 2.88 bits per heavy atom. The van der Waals surface area contributed by atoms with Crippen LogP contribution in [0.25, 0.3) is 0 Å². The van der Waals surface area contributed by atoms with Gasteiger partial charge in [0.1, 0.15) is 18.7 Å². The van der Waals surface area contributed by atoms with E-state index < -0.39 is 23.8 Å². The number of nitrogens with one attached hydrogen (secondary N) is 2. The van der Waals surface area contributed by atoms with Gasteiger partial charge in [0.05, 0.1) is 13.2 Å². The average molecular weight is 245 g/mol. The van der Waals surface area contributed by atoms with Gasteiger partial charge in [-0.15, -0.1) is 0 Å². The second kappa shape index (κ2) is 6.28. The normalized spacial score (nSPS) is 21.2. The Balaban J connectivity index is 2.16. The number of hydrogen-bond donors (Lipinski definition) is 4. The van der Waals surface area contributed by atoms with Gasteiger partial charge < -0.3 is 26.2 Å². The Morgan fingerprint density at radius 2 is 2.35 bits per heavy atom. The number of nitrogens with two attached hydrogens (primary N) is 1. The van der Waals surface area contributed by atoms with Crippen LogP contribution in [0.3, 0.4) is 0 Å². The lowest BCUT2D eigenvalue weighted by Gasteiger charge is -2.11. The molecule has 0 bridgehead atoms. The van der Waals surface area contributed by atoms with Crippen molar-refractivity contribution in [1.82, 2.24) is 10.6 Å². The van der Waals surface area contributed by atoms with Gasteiger partial charge in [0, 0.05) is 6.54 Å². The van der Waals surface area contributed by atoms with Crippen LogP contribution >= 0.6 is 0 Å². The molecule has 0 aromatic heterocycles. The Bertz CT molecular complexity index is 320. The molecule has 2 atom stereocenters. The van der Waals surface area contributed by atoms with Crippen LogP contribution in [0.2, 0.25) is 0 Å². The lowest BCUT2D eigenvalue weighted by Crippen LogP contribution is -2.39. The lowest BCUT2D eigenvalue weighted by atomic mass is 10.1. The summed E-state index contributed by atoms with van der Waals surface area (Å²) in [5.41, 5.74) is 5.18. The lowest BCUT2D eigenvalue weighted by molar-refractivity contribution is -0.140. The summed E-state index contributed by atoms with van der Waals surface area (Å²) in [6.07, 6.45) is 0. The maximum atomic E-state index is 11.4. The van der Waals surface area contributed by atoms with E-state index in [9.17, 15) is 14.4 Å². The molecule has 1 rings (SSSR count). The van der Waals surface area contributed by atoms with Gasteiger partial charge in [-0.25, -0.2) is 0 Å². The van der Waals surface area contributed by atoms with Crippen molar-refractivity contribution >= 4 is 17.7 Å². The second-order valence-electron chi connectivity index (χ2n) is 3.65. The van der Waals surface area contributed by atoms with Gasteiger partial charge in [0.2, 0.25) is 5.91 Å². The van der Waals surface area contributed by atoms with Gasteiger partial charge in [-0.05, 0) is 0 Å². The van der Waals surface area contributed by atoms with Crippen molar-refractivity contribution in [2.75, 3.05) is 26.4 Å². The molecule has 0 aliphatic carbocycles. The SMILES string of the molecule is N[C@@H](COCNC(=O)[C@H]1CNCC1=O)C(=O)O. The van der Waals surface area contributed by atoms with Crippen molar-refractivity contribution < 1.29 is 24.2 Å². The molecule has 0 aromatic rings. The predicted molar refractivity (Wildman–Crippen MR) is 55.9 cm³/mol. The standard InChI is InChI=1S/C9H15N3O5/c10-6(9(15)16)3-17-4-12-8(14)5-1-11-2-7(5)13/h5-6,11H,1-4,10H2,(H,12,14)(H,15,16)/t5-,6-/m0/s1. The zero-order chi connectivity index (χ0) is 12.8. The number of amides is 1. The van der Waals surface area contributed by atoms with Crippen LogP contribution in [-0.4, -0.2) is 55.2 Å². The monoisotopic (exact) mass is 245 g/mol. The molecule has 1 amide bonds. The van der Waals surface area contributed by atoms with E-state index in [2.05, 4.69) is 10.6 Å². The first-order valence-corrected chi connectivity index (χ1v) is 5.09. The van der Waals surface area contributed by atoms with Gasteiger partial charge in [0.15, 0.2) is 5.78 Å². The second-order valence-corrected chi connectivity index (χ2v) is 3.65. The van der Waals surface area contributed by atoms with Crippen LogP contribution in [0.5, 0.6) is 0 Å². The summed E-state index contributed by atoms with van der Waals surface area (Å²) in [6, 6.07) is -1.12. The minimum Gasteiger partial charge on any atom is -0.480 e. The molecular weight excluding hydrogens is 230 g/mol. The van der Waals surface area contributed by atoms with Crippen molar-refractivity contribution in [3.63, 3.8) is 0 Å². The highest BCUT2D eigenvalue weighted by Gasteiger charge is 2.30. The van der Waals surface area contributed by atoms with E-state index in [0.29, 0.717) is 6.54 Å². The van der Waals surface area contributed by atoms with Crippen molar-refractivity contribution in [3.8, 4) is 0 Å². The van der Waals surface area contributed by atoms with Crippen LogP contribution in [0.15, 0.2) is 0 Å². The molecule has 0 saturated carbocycles. The maximum Gasteiger partial charge on any atom is 0.322 e. The third-order valence-electron chi connectivity index (χ3n) is 2.32. The van der Waals surface area contributed by atoms with Crippen molar-refractivity contribution in [1.29, 1.82) is 0 Å². The predicted octanol–water partition coefficient (Wildman–Crippen LogP) is -2.72. The third-order valence-corrected chi connectivity index (χ3v) is 2.32. The first-order chi connectivity index (χ1) is 8.02. The van der Waals surface area contributed by atoms with Crippen LogP contribution in [0, 0.1) is 5.92 Å². The Morgan fingerprint density at radius 1 is 1.65 bits per heavy atom. The van der Waals surface area contributed by atoms with Gasteiger partial charge in [-0.2, -0.15) is 0 Å². The first-order valence-electron chi connectivity index (χ1n) is 5.09. The Kier molecular flexibility index (Phi) is 5.01. The van der Waals surface area contributed by atoms with E-state index in [1.807, 2.05) is 0 Å². The van der Waals surface area contributed by atoms with E-state index in [1.54, 1.807) is 0 Å². The summed E-state index contributed by atoms with van der Waals surface area (Å²) in [4.78, 5) is 33.0. The average Bonchev–Trinajstić information content (AvgIpc) is 2.70. The fourth-order valence-corrected chi connectivity index (χ4v) is 1.32. The van der Waals surface area contributed by atoms with Crippen molar-refractivity contribution in [3.05, 3.63) is 0 Å². The van der Waals surface area contributed by atoms with Crippen LogP contribution in [0.4, 0.5) is 0 Å². The number of hydrogen-bond acceptors (Lipinski definition) is 6. The quantitative estimate of drug-likeness (QED) is 0.227. The summed E-state index contributed by atoms with van der Waals surface area (Å²) >= 11 is 0. The fourth-order valence-electron chi connectivity index (χ4n) is 1.32. The summed E-state index contributed by atoms with van der Waals surface area (Å²) in [6.45, 7) is 0.151. The number of carbonyl (C=O) groups is 3. The number of carboxylic acids is 1. The van der Waals surface area contributed by atoms with E-state index in [4.69, 9.17) is 15.6 Å². The van der Waals surface area contributed by atoms with Crippen LogP contribution in [-0.2, 0) is 19.1 Å². The summed E-state index contributed by atoms with van der Waals surface area (Å²) < 4.78 is 4.85. The van der Waals surface area contributed by atoms with Crippen LogP contribution < -0.4 is 16.4 Å². The third kappa shape index (κ3) is 4.10. The molecular formula is C9H15N3O5. The number of aliphatic carboxylic acids is 1. The highest BCUT2D eigenvalue weighted by Crippen LogP contribution is 2.02. The zero-order valence-electron chi connectivity index (χ0n) is 9.14. The smallest absolute Gasteiger partial charge is 0.322 e. The molecule has 1 saturated heterocycles. The Labute approximate surface area is 97.5 Å². The fraction of sp³-hybridized carbons (Fsp3) is 0.667. The van der Waals surface area contributed by atoms with E-state index in [-0.39, 0.29) is 25.7 Å². The molecule has 1 aliphatic rings. The highest BCUT2D eigenvalue weighted by molar-refractivity contribution is 6.03. The van der Waals surface area contributed by atoms with Crippen molar-refractivity contribution in [2.45, 2.75) is 6.04 Å². The number of Topliss-reactive ketones (excluding diaryl/α,β-unsaturated/α-hetero) is 1. The van der Waals surface area contributed by atoms with Gasteiger partial charge in [-0.1, -0.05) is 0 Å². The molecule has 0 aromatic carbocycles. The van der Waals surface area contributed by atoms with Gasteiger partial charge in [-0.3, -0.25) is 14.4 Å². The minimum atomic E-state index is -1.17. The zero-order valence-corrected chi connectivity index (χ0v) is 9.14. The van der Waals surface area contributed by atoms with Crippen LogP contribution in [0.1, 0.15) is 0 Å². The van der Waals surface area contributed by atoms with Gasteiger partial charge >= 0.3 is 5.97 Å². The summed E-state index contributed by atoms with van der Waals surface area (Å²) in [7, 11) is 0. The van der Waals surface area contributed by atoms with Gasteiger partial charge in [0.25, 0.3) is 0 Å². The molecule has 96 valence electrons. The molecule has 17 heavy (non-hydrogen) atoms. The molecule has 5 N–H and O–H groups in total. The first kappa shape index (κ1) is 13.6.